The molecule has 1 heterocycles. The van der Waals surface area contributed by atoms with Crippen molar-refractivity contribution < 1.29 is 9.13 Å². The predicted molar refractivity (Wildman–Crippen MR) is 56.2 cm³/mol. The fourth-order valence-corrected chi connectivity index (χ4v) is 1.18. The summed E-state index contributed by atoms with van der Waals surface area (Å²) in [4.78, 5) is 7.74. The van der Waals surface area contributed by atoms with Crippen molar-refractivity contribution in [3.63, 3.8) is 0 Å². The molecule has 1 aromatic heterocycles. The molecule has 76 valence electrons. The third-order valence-corrected chi connectivity index (χ3v) is 2.04. The van der Waals surface area contributed by atoms with E-state index in [2.05, 4.69) is 25.9 Å². The molecule has 0 unspecified atom stereocenters. The van der Waals surface area contributed by atoms with Gasteiger partial charge in [0.25, 0.3) is 0 Å². The quantitative estimate of drug-likeness (QED) is 0.839. The molecular formula is C10H6BrFN2O. The van der Waals surface area contributed by atoms with Gasteiger partial charge in [0, 0.05) is 12.4 Å². The number of hydrogen-bond donors (Lipinski definition) is 0. The summed E-state index contributed by atoms with van der Waals surface area (Å²) in [6.45, 7) is 0. The summed E-state index contributed by atoms with van der Waals surface area (Å²) in [5, 5.41) is 0. The van der Waals surface area contributed by atoms with Crippen LogP contribution in [-0.2, 0) is 0 Å². The van der Waals surface area contributed by atoms with E-state index in [1.807, 2.05) is 0 Å². The van der Waals surface area contributed by atoms with Gasteiger partial charge in [-0.15, -0.1) is 0 Å². The zero-order valence-corrected chi connectivity index (χ0v) is 9.11. The number of rotatable bonds is 2. The highest BCUT2D eigenvalue weighted by atomic mass is 79.9. The summed E-state index contributed by atoms with van der Waals surface area (Å²) < 4.78 is 19.1. The first-order chi connectivity index (χ1) is 7.25. The highest BCUT2D eigenvalue weighted by Gasteiger charge is 2.04. The lowest BCUT2D eigenvalue weighted by Gasteiger charge is -2.03. The van der Waals surface area contributed by atoms with E-state index in [1.165, 1.54) is 24.5 Å². The van der Waals surface area contributed by atoms with Gasteiger partial charge in [-0.1, -0.05) is 12.1 Å². The second-order valence-electron chi connectivity index (χ2n) is 2.72. The van der Waals surface area contributed by atoms with Crippen LogP contribution in [0.2, 0.25) is 0 Å². The van der Waals surface area contributed by atoms with Gasteiger partial charge in [-0.05, 0) is 28.1 Å². The van der Waals surface area contributed by atoms with E-state index in [1.54, 1.807) is 12.1 Å². The van der Waals surface area contributed by atoms with Gasteiger partial charge in [0.1, 0.15) is 0 Å². The fourth-order valence-electron chi connectivity index (χ4n) is 0.979. The molecule has 0 bridgehead atoms. The molecule has 0 amide bonds. The second-order valence-corrected chi connectivity index (χ2v) is 3.63. The van der Waals surface area contributed by atoms with E-state index in [0.717, 1.165) is 4.47 Å². The van der Waals surface area contributed by atoms with Crippen LogP contribution in [-0.4, -0.2) is 9.97 Å². The largest absolute Gasteiger partial charge is 0.421 e. The molecule has 2 aromatic rings. The van der Waals surface area contributed by atoms with Crippen molar-refractivity contribution in [2.24, 2.45) is 0 Å². The minimum absolute atomic E-state index is 0.111. The number of nitrogens with zero attached hydrogens (tertiary/aromatic N) is 2. The van der Waals surface area contributed by atoms with Gasteiger partial charge in [0.15, 0.2) is 11.6 Å². The van der Waals surface area contributed by atoms with Gasteiger partial charge in [0.05, 0.1) is 4.47 Å². The molecule has 1 aromatic carbocycles. The van der Waals surface area contributed by atoms with Gasteiger partial charge in [-0.25, -0.2) is 14.4 Å². The molecule has 0 radical (unpaired) electrons. The first kappa shape index (κ1) is 10.0. The van der Waals surface area contributed by atoms with Gasteiger partial charge < -0.3 is 4.74 Å². The minimum atomic E-state index is -0.441. The van der Waals surface area contributed by atoms with E-state index >= 15 is 0 Å². The van der Waals surface area contributed by atoms with E-state index in [0.29, 0.717) is 0 Å². The van der Waals surface area contributed by atoms with Gasteiger partial charge in [-0.3, -0.25) is 0 Å². The molecule has 0 spiro atoms. The Bertz CT molecular complexity index is 461. The molecule has 0 N–H and O–H groups in total. The number of para-hydroxylation sites is 1. The summed E-state index contributed by atoms with van der Waals surface area (Å²) in [6.07, 6.45) is 3.06. The van der Waals surface area contributed by atoms with Crippen LogP contribution >= 0.6 is 15.9 Å². The van der Waals surface area contributed by atoms with E-state index in [9.17, 15) is 4.39 Å². The molecule has 0 aliphatic rings. The van der Waals surface area contributed by atoms with Crippen molar-refractivity contribution in [1.29, 1.82) is 0 Å². The zero-order chi connectivity index (χ0) is 10.7. The standard InChI is InChI=1S/C10H6BrFN2O/c11-7-5-13-10(14-6-7)15-9-4-2-1-3-8(9)12/h1-6H. The number of hydrogen-bond acceptors (Lipinski definition) is 3. The van der Waals surface area contributed by atoms with Crippen molar-refractivity contribution >= 4 is 15.9 Å². The highest BCUT2D eigenvalue weighted by Crippen LogP contribution is 2.21. The molecule has 0 saturated carbocycles. The van der Waals surface area contributed by atoms with Crippen LogP contribution in [0.25, 0.3) is 0 Å². The third kappa shape index (κ3) is 2.50. The molecule has 0 fully saturated rings. The summed E-state index contributed by atoms with van der Waals surface area (Å²) >= 11 is 3.19. The van der Waals surface area contributed by atoms with E-state index < -0.39 is 5.82 Å². The summed E-state index contributed by atoms with van der Waals surface area (Å²) in [5.41, 5.74) is 0. The molecule has 15 heavy (non-hydrogen) atoms. The lowest BCUT2D eigenvalue weighted by molar-refractivity contribution is 0.410. The van der Waals surface area contributed by atoms with Gasteiger partial charge >= 0.3 is 6.01 Å². The molecular weight excluding hydrogens is 263 g/mol. The first-order valence-electron chi connectivity index (χ1n) is 4.15. The van der Waals surface area contributed by atoms with Crippen molar-refractivity contribution in [1.82, 2.24) is 9.97 Å². The van der Waals surface area contributed by atoms with E-state index in [-0.39, 0.29) is 11.8 Å². The Morgan fingerprint density at radius 2 is 1.80 bits per heavy atom. The monoisotopic (exact) mass is 268 g/mol. The molecule has 0 aliphatic heterocycles. The summed E-state index contributed by atoms with van der Waals surface area (Å²) in [6, 6.07) is 6.21. The smallest absolute Gasteiger partial charge is 0.322 e. The SMILES string of the molecule is Fc1ccccc1Oc1ncc(Br)cn1. The Balaban J connectivity index is 2.22. The molecule has 3 nitrogen and oxygen atoms in total. The topological polar surface area (TPSA) is 35.0 Å². The van der Waals surface area contributed by atoms with Crippen LogP contribution in [0.3, 0.4) is 0 Å². The lowest BCUT2D eigenvalue weighted by Crippen LogP contribution is -1.92. The van der Waals surface area contributed by atoms with Crippen molar-refractivity contribution in [2.45, 2.75) is 0 Å². The predicted octanol–water partition coefficient (Wildman–Crippen LogP) is 3.17. The average molecular weight is 269 g/mol. The van der Waals surface area contributed by atoms with Gasteiger partial charge in [0.2, 0.25) is 0 Å². The summed E-state index contributed by atoms with van der Waals surface area (Å²) in [7, 11) is 0. The van der Waals surface area contributed by atoms with Crippen LogP contribution in [0.5, 0.6) is 11.8 Å². The van der Waals surface area contributed by atoms with Crippen LogP contribution < -0.4 is 4.74 Å². The summed E-state index contributed by atoms with van der Waals surface area (Å²) in [5.74, 6) is -0.330. The highest BCUT2D eigenvalue weighted by molar-refractivity contribution is 9.10. The van der Waals surface area contributed by atoms with Crippen molar-refractivity contribution in [3.05, 3.63) is 46.9 Å². The Morgan fingerprint density at radius 3 is 2.47 bits per heavy atom. The minimum Gasteiger partial charge on any atom is -0.421 e. The average Bonchev–Trinajstić information content (AvgIpc) is 2.25. The Hall–Kier alpha value is -1.49. The van der Waals surface area contributed by atoms with E-state index in [4.69, 9.17) is 4.74 Å². The second kappa shape index (κ2) is 4.35. The van der Waals surface area contributed by atoms with Crippen LogP contribution in [0.15, 0.2) is 41.1 Å². The number of benzene rings is 1. The third-order valence-electron chi connectivity index (χ3n) is 1.63. The Morgan fingerprint density at radius 1 is 1.13 bits per heavy atom. The first-order valence-corrected chi connectivity index (χ1v) is 4.95. The zero-order valence-electron chi connectivity index (χ0n) is 7.52. The van der Waals surface area contributed by atoms with Crippen LogP contribution in [0.4, 0.5) is 4.39 Å². The van der Waals surface area contributed by atoms with Crippen molar-refractivity contribution in [2.75, 3.05) is 0 Å². The van der Waals surface area contributed by atoms with Crippen molar-refractivity contribution in [3.8, 4) is 11.8 Å². The molecule has 2 rings (SSSR count). The maximum Gasteiger partial charge on any atom is 0.322 e. The molecule has 5 heteroatoms. The normalized spacial score (nSPS) is 10.0. The number of halogens is 2. The van der Waals surface area contributed by atoms with Gasteiger partial charge in [-0.2, -0.15) is 0 Å². The van der Waals surface area contributed by atoms with Crippen LogP contribution in [0, 0.1) is 5.82 Å². The maximum absolute atomic E-state index is 13.2. The molecule has 0 aliphatic carbocycles. The lowest BCUT2D eigenvalue weighted by atomic mass is 10.3. The molecule has 0 atom stereocenters. The number of ether oxygens (including phenoxy) is 1. The fraction of sp³-hybridized carbons (Fsp3) is 0. The Labute approximate surface area is 94.1 Å². The Kier molecular flexibility index (Phi) is 2.91. The maximum atomic E-state index is 13.2. The molecule has 0 saturated heterocycles. The number of aromatic nitrogens is 2. The van der Waals surface area contributed by atoms with Crippen LogP contribution in [0.1, 0.15) is 0 Å².